The van der Waals surface area contributed by atoms with Crippen LogP contribution in [0.15, 0.2) is 48.5 Å². The van der Waals surface area contributed by atoms with E-state index in [0.29, 0.717) is 11.8 Å². The Bertz CT molecular complexity index is 905. The summed E-state index contributed by atoms with van der Waals surface area (Å²) in [6, 6.07) is 16.0. The number of piperidine rings is 1. The van der Waals surface area contributed by atoms with Crippen LogP contribution in [0.5, 0.6) is 5.75 Å². The molecule has 0 aromatic heterocycles. The van der Waals surface area contributed by atoms with Gasteiger partial charge in [0, 0.05) is 30.6 Å². The van der Waals surface area contributed by atoms with Gasteiger partial charge in [0.1, 0.15) is 5.75 Å². The van der Waals surface area contributed by atoms with Gasteiger partial charge >= 0.3 is 5.97 Å². The number of ether oxygens (including phenoxy) is 2. The van der Waals surface area contributed by atoms with Gasteiger partial charge in [-0.05, 0) is 30.4 Å². The molecule has 2 aromatic carbocycles. The van der Waals surface area contributed by atoms with Gasteiger partial charge < -0.3 is 20.1 Å². The van der Waals surface area contributed by atoms with Crippen LogP contribution in [0.3, 0.4) is 0 Å². The highest BCUT2D eigenvalue weighted by Gasteiger charge is 2.53. The molecule has 1 saturated heterocycles. The first-order valence-electron chi connectivity index (χ1n) is 10.4. The van der Waals surface area contributed by atoms with Crippen molar-refractivity contribution in [2.75, 3.05) is 26.8 Å². The highest BCUT2D eigenvalue weighted by molar-refractivity contribution is 5.81. The molecule has 4 atom stereocenters. The first-order chi connectivity index (χ1) is 14.6. The van der Waals surface area contributed by atoms with Crippen LogP contribution in [0, 0.1) is 18.8 Å². The van der Waals surface area contributed by atoms with Crippen molar-refractivity contribution in [2.24, 2.45) is 11.8 Å². The third-order valence-corrected chi connectivity index (χ3v) is 6.12. The molecule has 1 heterocycles. The molecule has 158 valence electrons. The van der Waals surface area contributed by atoms with E-state index in [0.717, 1.165) is 35.5 Å². The van der Waals surface area contributed by atoms with E-state index >= 15 is 0 Å². The van der Waals surface area contributed by atoms with Gasteiger partial charge in [-0.1, -0.05) is 48.0 Å². The maximum atomic E-state index is 12.6. The van der Waals surface area contributed by atoms with E-state index in [-0.39, 0.29) is 30.9 Å². The minimum Gasteiger partial charge on any atom is -0.496 e. The van der Waals surface area contributed by atoms with Gasteiger partial charge in [-0.25, -0.2) is 0 Å². The van der Waals surface area contributed by atoms with E-state index in [1.165, 1.54) is 0 Å². The molecule has 1 amide bonds. The van der Waals surface area contributed by atoms with Crippen molar-refractivity contribution in [3.05, 3.63) is 65.2 Å². The summed E-state index contributed by atoms with van der Waals surface area (Å²) < 4.78 is 10.9. The molecule has 30 heavy (non-hydrogen) atoms. The van der Waals surface area contributed by atoms with Gasteiger partial charge in [-0.15, -0.1) is 0 Å². The Morgan fingerprint density at radius 1 is 1.13 bits per heavy atom. The van der Waals surface area contributed by atoms with Crippen molar-refractivity contribution >= 4 is 11.9 Å². The molecule has 1 aliphatic carbocycles. The topological polar surface area (TPSA) is 76.7 Å². The number of benzene rings is 2. The van der Waals surface area contributed by atoms with Gasteiger partial charge in [0.15, 0.2) is 6.61 Å². The summed E-state index contributed by atoms with van der Waals surface area (Å²) in [6.07, 6.45) is 0.135. The minimum atomic E-state index is -0.403. The molecule has 2 aromatic rings. The summed E-state index contributed by atoms with van der Waals surface area (Å²) in [6.45, 7) is 3.67. The zero-order valence-electron chi connectivity index (χ0n) is 17.4. The van der Waals surface area contributed by atoms with Crippen LogP contribution in [0.4, 0.5) is 0 Å². The number of methoxy groups -OCH3 is 1. The van der Waals surface area contributed by atoms with Crippen LogP contribution in [0.2, 0.25) is 0 Å². The Morgan fingerprint density at radius 2 is 1.87 bits per heavy atom. The van der Waals surface area contributed by atoms with Crippen LogP contribution in [0.25, 0.3) is 0 Å². The van der Waals surface area contributed by atoms with E-state index in [1.54, 1.807) is 7.11 Å². The van der Waals surface area contributed by atoms with Crippen molar-refractivity contribution < 1.29 is 19.1 Å². The molecule has 4 rings (SSSR count). The summed E-state index contributed by atoms with van der Waals surface area (Å²) in [5.41, 5.74) is 3.02. The Balaban J connectivity index is 1.41. The highest BCUT2D eigenvalue weighted by Crippen LogP contribution is 2.41. The van der Waals surface area contributed by atoms with Crippen molar-refractivity contribution in [3.63, 3.8) is 0 Å². The summed E-state index contributed by atoms with van der Waals surface area (Å²) in [5, 5.41) is 6.27. The average molecular weight is 408 g/mol. The predicted octanol–water partition coefficient (Wildman–Crippen LogP) is 2.40. The number of rotatable bonds is 8. The number of hydrogen-bond donors (Lipinski definition) is 2. The SMILES string of the molecule is COc1ccc(C)cc1C(CC(=O)OCC(=O)NC1[C@H]2CNC[C@@H]12)c1ccccc1. The number of hydrogen-bond acceptors (Lipinski definition) is 5. The summed E-state index contributed by atoms with van der Waals surface area (Å²) >= 11 is 0. The van der Waals surface area contributed by atoms with Crippen LogP contribution in [-0.2, 0) is 14.3 Å². The van der Waals surface area contributed by atoms with E-state index in [2.05, 4.69) is 10.6 Å². The van der Waals surface area contributed by atoms with E-state index < -0.39 is 5.97 Å². The number of esters is 1. The van der Waals surface area contributed by atoms with Crippen LogP contribution in [-0.4, -0.2) is 44.7 Å². The second kappa shape index (κ2) is 8.88. The van der Waals surface area contributed by atoms with Gasteiger partial charge in [-0.2, -0.15) is 0 Å². The second-order valence-corrected chi connectivity index (χ2v) is 8.15. The van der Waals surface area contributed by atoms with Gasteiger partial charge in [0.05, 0.1) is 13.5 Å². The van der Waals surface area contributed by atoms with Crippen molar-refractivity contribution in [3.8, 4) is 5.75 Å². The molecule has 0 radical (unpaired) electrons. The largest absolute Gasteiger partial charge is 0.496 e. The summed E-state index contributed by atoms with van der Waals surface area (Å²) in [5.74, 6) is 0.938. The smallest absolute Gasteiger partial charge is 0.307 e. The third kappa shape index (κ3) is 4.49. The minimum absolute atomic E-state index is 0.135. The molecule has 1 saturated carbocycles. The maximum absolute atomic E-state index is 12.6. The Kier molecular flexibility index (Phi) is 6.04. The van der Waals surface area contributed by atoms with E-state index in [9.17, 15) is 9.59 Å². The first-order valence-corrected chi connectivity index (χ1v) is 10.4. The zero-order chi connectivity index (χ0) is 21.1. The quantitative estimate of drug-likeness (QED) is 0.656. The monoisotopic (exact) mass is 408 g/mol. The lowest BCUT2D eigenvalue weighted by Gasteiger charge is -2.20. The molecule has 0 spiro atoms. The number of fused-ring (bicyclic) bond motifs is 1. The Morgan fingerprint density at radius 3 is 2.57 bits per heavy atom. The molecule has 2 fully saturated rings. The lowest BCUT2D eigenvalue weighted by molar-refractivity contribution is -0.148. The predicted molar refractivity (Wildman–Crippen MR) is 113 cm³/mol. The number of carbonyl (C=O) groups is 2. The molecule has 2 aliphatic rings. The van der Waals surface area contributed by atoms with Crippen LogP contribution < -0.4 is 15.4 Å². The van der Waals surface area contributed by atoms with Crippen LogP contribution >= 0.6 is 0 Å². The number of carbonyl (C=O) groups excluding carboxylic acids is 2. The first kappa shape index (κ1) is 20.4. The number of amides is 1. The molecule has 2 N–H and O–H groups in total. The highest BCUT2D eigenvalue weighted by atomic mass is 16.5. The maximum Gasteiger partial charge on any atom is 0.307 e. The Hall–Kier alpha value is -2.86. The molecular weight excluding hydrogens is 380 g/mol. The fraction of sp³-hybridized carbons (Fsp3) is 0.417. The lowest BCUT2D eigenvalue weighted by Crippen LogP contribution is -2.35. The van der Waals surface area contributed by atoms with Crippen molar-refractivity contribution in [1.29, 1.82) is 0 Å². The standard InChI is InChI=1S/C24H28N2O4/c1-15-8-9-21(29-2)18(10-15)17(16-6-4-3-5-7-16)11-23(28)30-14-22(27)26-24-19-12-25-13-20(19)24/h3-10,17,19-20,24-25H,11-14H2,1-2H3,(H,26,27)/t17?,19-,20+,24?. The van der Waals surface area contributed by atoms with Crippen LogP contribution in [0.1, 0.15) is 29.0 Å². The molecule has 2 unspecified atom stereocenters. The van der Waals surface area contributed by atoms with Crippen molar-refractivity contribution in [1.82, 2.24) is 10.6 Å². The third-order valence-electron chi connectivity index (χ3n) is 6.12. The number of nitrogens with one attached hydrogen (secondary N) is 2. The van der Waals surface area contributed by atoms with E-state index in [1.807, 2.05) is 55.5 Å². The normalized spacial score (nSPS) is 22.7. The lowest BCUT2D eigenvalue weighted by atomic mass is 9.87. The van der Waals surface area contributed by atoms with Gasteiger partial charge in [0.25, 0.3) is 5.91 Å². The molecule has 6 nitrogen and oxygen atoms in total. The Labute approximate surface area is 177 Å². The van der Waals surface area contributed by atoms with E-state index in [4.69, 9.17) is 9.47 Å². The molecule has 1 aliphatic heterocycles. The fourth-order valence-corrected chi connectivity index (χ4v) is 4.45. The molecular formula is C24H28N2O4. The fourth-order valence-electron chi connectivity index (χ4n) is 4.45. The molecule has 6 heteroatoms. The summed E-state index contributed by atoms with van der Waals surface area (Å²) in [7, 11) is 1.63. The molecule has 0 bridgehead atoms. The van der Waals surface area contributed by atoms with Gasteiger partial charge in [-0.3, -0.25) is 9.59 Å². The van der Waals surface area contributed by atoms with Crippen molar-refractivity contribution in [2.45, 2.75) is 25.3 Å². The second-order valence-electron chi connectivity index (χ2n) is 8.15. The summed E-state index contributed by atoms with van der Waals surface area (Å²) in [4.78, 5) is 24.8. The zero-order valence-corrected chi connectivity index (χ0v) is 17.4. The van der Waals surface area contributed by atoms with Gasteiger partial charge in [0.2, 0.25) is 0 Å². The number of aryl methyl sites for hydroxylation is 1. The average Bonchev–Trinajstić information content (AvgIpc) is 3.17.